The minimum absolute atomic E-state index is 0.268. The van der Waals surface area contributed by atoms with Gasteiger partial charge >= 0.3 is 0 Å². The molecule has 0 bridgehead atoms. The van der Waals surface area contributed by atoms with Crippen molar-refractivity contribution < 1.29 is 13.2 Å². The average molecular weight is 407 g/mol. The van der Waals surface area contributed by atoms with E-state index in [2.05, 4.69) is 11.9 Å². The van der Waals surface area contributed by atoms with Gasteiger partial charge in [-0.3, -0.25) is 0 Å². The number of hydrogen-bond acceptors (Lipinski definition) is 4. The van der Waals surface area contributed by atoms with Crippen LogP contribution in [0.1, 0.15) is 17.3 Å². The molecule has 0 aliphatic carbocycles. The van der Waals surface area contributed by atoms with E-state index >= 15 is 0 Å². The first kappa shape index (κ1) is 19.2. The molecule has 0 unspecified atom stereocenters. The summed E-state index contributed by atoms with van der Waals surface area (Å²) in [4.78, 5) is 0.290. The van der Waals surface area contributed by atoms with Gasteiger partial charge in [-0.25, -0.2) is 8.42 Å². The standard InChI is InChI=1S/C23H22N2O3S/c1-2-16-28-20-14-12-19(13-15-20)23-24-21-10-6-7-11-22(21)29(26,27)25(23)17-18-8-4-3-5-9-18/h2-15,23-24H,1,16-17H2/t23-/m1/s1. The Hall–Kier alpha value is -3.09. The third kappa shape index (κ3) is 3.90. The van der Waals surface area contributed by atoms with Gasteiger partial charge in [0.1, 0.15) is 23.4 Å². The maximum absolute atomic E-state index is 13.5. The fourth-order valence-corrected chi connectivity index (χ4v) is 5.06. The van der Waals surface area contributed by atoms with Crippen LogP contribution in [0.15, 0.2) is 96.4 Å². The monoisotopic (exact) mass is 406 g/mol. The minimum atomic E-state index is -3.68. The van der Waals surface area contributed by atoms with Crippen molar-refractivity contribution in [3.05, 3.63) is 103 Å². The zero-order chi connectivity index (χ0) is 20.3. The van der Waals surface area contributed by atoms with Crippen LogP contribution in [0.5, 0.6) is 5.75 Å². The highest BCUT2D eigenvalue weighted by Gasteiger charge is 2.38. The smallest absolute Gasteiger partial charge is 0.247 e. The normalized spacial score (nSPS) is 17.7. The molecule has 148 valence electrons. The Morgan fingerprint density at radius 2 is 1.66 bits per heavy atom. The lowest BCUT2D eigenvalue weighted by molar-refractivity contribution is 0.335. The van der Waals surface area contributed by atoms with Crippen LogP contribution in [0.4, 0.5) is 5.69 Å². The molecule has 0 amide bonds. The number of sulfonamides is 1. The topological polar surface area (TPSA) is 58.6 Å². The van der Waals surface area contributed by atoms with Gasteiger partial charge in [0.2, 0.25) is 10.0 Å². The Kier molecular flexibility index (Phi) is 5.38. The predicted octanol–water partition coefficient (Wildman–Crippen LogP) is 4.57. The summed E-state index contributed by atoms with van der Waals surface area (Å²) in [5.74, 6) is 0.710. The third-order valence-electron chi connectivity index (χ3n) is 4.80. The predicted molar refractivity (Wildman–Crippen MR) is 114 cm³/mol. The quantitative estimate of drug-likeness (QED) is 0.610. The highest BCUT2D eigenvalue weighted by molar-refractivity contribution is 7.89. The number of nitrogens with one attached hydrogen (secondary N) is 1. The summed E-state index contributed by atoms with van der Waals surface area (Å²) in [7, 11) is -3.68. The van der Waals surface area contributed by atoms with E-state index in [-0.39, 0.29) is 11.4 Å². The second-order valence-corrected chi connectivity index (χ2v) is 8.61. The van der Waals surface area contributed by atoms with E-state index in [0.29, 0.717) is 18.0 Å². The van der Waals surface area contributed by atoms with Gasteiger partial charge in [0.25, 0.3) is 0 Å². The molecule has 3 aromatic rings. The van der Waals surface area contributed by atoms with Crippen molar-refractivity contribution in [2.24, 2.45) is 0 Å². The molecule has 0 aromatic heterocycles. The number of rotatable bonds is 6. The summed E-state index contributed by atoms with van der Waals surface area (Å²) in [6.07, 6.45) is 1.16. The Labute approximate surface area is 171 Å². The van der Waals surface area contributed by atoms with Crippen molar-refractivity contribution >= 4 is 15.7 Å². The first-order chi connectivity index (χ1) is 14.1. The van der Waals surface area contributed by atoms with Gasteiger partial charge in [-0.1, -0.05) is 67.3 Å². The van der Waals surface area contributed by atoms with Crippen LogP contribution in [0.2, 0.25) is 0 Å². The van der Waals surface area contributed by atoms with Crippen LogP contribution in [-0.2, 0) is 16.6 Å². The van der Waals surface area contributed by atoms with Gasteiger partial charge in [-0.05, 0) is 35.4 Å². The first-order valence-corrected chi connectivity index (χ1v) is 10.8. The summed E-state index contributed by atoms with van der Waals surface area (Å²) in [6.45, 7) is 4.33. The second-order valence-electron chi connectivity index (χ2n) is 6.75. The van der Waals surface area contributed by atoms with Crippen LogP contribution in [0.3, 0.4) is 0 Å². The fraction of sp³-hybridized carbons (Fsp3) is 0.130. The van der Waals surface area contributed by atoms with Crippen LogP contribution >= 0.6 is 0 Å². The van der Waals surface area contributed by atoms with E-state index in [4.69, 9.17) is 4.74 Å². The summed E-state index contributed by atoms with van der Waals surface area (Å²) in [6, 6.07) is 24.1. The molecule has 0 fully saturated rings. The van der Waals surface area contributed by atoms with E-state index < -0.39 is 16.2 Å². The fourth-order valence-electron chi connectivity index (χ4n) is 3.39. The second kappa shape index (κ2) is 8.11. The molecule has 1 N–H and O–H groups in total. The van der Waals surface area contributed by atoms with Gasteiger partial charge in [-0.2, -0.15) is 4.31 Å². The number of nitrogens with zero attached hydrogens (tertiary/aromatic N) is 1. The summed E-state index contributed by atoms with van der Waals surface area (Å²) >= 11 is 0. The van der Waals surface area contributed by atoms with Gasteiger partial charge < -0.3 is 10.1 Å². The Bertz CT molecular complexity index is 1100. The van der Waals surface area contributed by atoms with Crippen LogP contribution in [0.25, 0.3) is 0 Å². The lowest BCUT2D eigenvalue weighted by atomic mass is 10.1. The molecule has 1 aliphatic heterocycles. The zero-order valence-corrected chi connectivity index (χ0v) is 16.7. The van der Waals surface area contributed by atoms with Crippen molar-refractivity contribution in [2.75, 3.05) is 11.9 Å². The number of para-hydroxylation sites is 1. The van der Waals surface area contributed by atoms with E-state index in [0.717, 1.165) is 11.1 Å². The van der Waals surface area contributed by atoms with Crippen molar-refractivity contribution in [3.63, 3.8) is 0 Å². The van der Waals surface area contributed by atoms with Gasteiger partial charge in [0, 0.05) is 6.54 Å². The molecule has 1 atom stereocenters. The van der Waals surface area contributed by atoms with Crippen molar-refractivity contribution in [1.82, 2.24) is 4.31 Å². The number of hydrogen-bond donors (Lipinski definition) is 1. The van der Waals surface area contributed by atoms with E-state index in [1.54, 1.807) is 24.3 Å². The summed E-state index contributed by atoms with van der Waals surface area (Å²) in [5, 5.41) is 3.39. The first-order valence-electron chi connectivity index (χ1n) is 9.34. The summed E-state index contributed by atoms with van der Waals surface area (Å²) < 4.78 is 34.0. The Morgan fingerprint density at radius 3 is 2.38 bits per heavy atom. The molecule has 4 rings (SSSR count). The van der Waals surface area contributed by atoms with Gasteiger partial charge in [0.05, 0.1) is 5.69 Å². The highest BCUT2D eigenvalue weighted by atomic mass is 32.2. The molecule has 0 radical (unpaired) electrons. The number of ether oxygens (including phenoxy) is 1. The molecule has 3 aromatic carbocycles. The molecular weight excluding hydrogens is 384 g/mol. The van der Waals surface area contributed by atoms with Crippen molar-refractivity contribution in [2.45, 2.75) is 17.6 Å². The molecule has 1 heterocycles. The van der Waals surface area contributed by atoms with Crippen molar-refractivity contribution in [3.8, 4) is 5.75 Å². The average Bonchev–Trinajstić information content (AvgIpc) is 2.75. The molecule has 1 aliphatic rings. The molecule has 5 nitrogen and oxygen atoms in total. The summed E-state index contributed by atoms with van der Waals surface area (Å²) in [5.41, 5.74) is 2.37. The minimum Gasteiger partial charge on any atom is -0.490 e. The van der Waals surface area contributed by atoms with Crippen LogP contribution < -0.4 is 10.1 Å². The van der Waals surface area contributed by atoms with Crippen LogP contribution in [-0.4, -0.2) is 19.3 Å². The molecular formula is C23H22N2O3S. The van der Waals surface area contributed by atoms with Gasteiger partial charge in [0.15, 0.2) is 0 Å². The third-order valence-corrected chi connectivity index (χ3v) is 6.67. The molecule has 0 saturated carbocycles. The van der Waals surface area contributed by atoms with Gasteiger partial charge in [-0.15, -0.1) is 0 Å². The molecule has 0 spiro atoms. The molecule has 0 saturated heterocycles. The number of benzene rings is 3. The number of fused-ring (bicyclic) bond motifs is 1. The lowest BCUT2D eigenvalue weighted by Crippen LogP contribution is -2.42. The maximum atomic E-state index is 13.5. The number of anilines is 1. The Morgan fingerprint density at radius 1 is 0.966 bits per heavy atom. The SMILES string of the molecule is C=CCOc1ccc([C@@H]2Nc3ccccc3S(=O)(=O)N2Cc2ccccc2)cc1. The van der Waals surface area contributed by atoms with E-state index in [1.807, 2.05) is 60.7 Å². The van der Waals surface area contributed by atoms with Crippen molar-refractivity contribution in [1.29, 1.82) is 0 Å². The van der Waals surface area contributed by atoms with Crippen LogP contribution in [0, 0.1) is 0 Å². The van der Waals surface area contributed by atoms with E-state index in [1.165, 1.54) is 4.31 Å². The zero-order valence-electron chi connectivity index (χ0n) is 15.9. The molecule has 29 heavy (non-hydrogen) atoms. The van der Waals surface area contributed by atoms with E-state index in [9.17, 15) is 8.42 Å². The molecule has 6 heteroatoms. The highest BCUT2D eigenvalue weighted by Crippen LogP contribution is 2.39. The maximum Gasteiger partial charge on any atom is 0.247 e. The largest absolute Gasteiger partial charge is 0.490 e. The Balaban J connectivity index is 1.74. The lowest BCUT2D eigenvalue weighted by Gasteiger charge is -2.37.